The van der Waals surface area contributed by atoms with E-state index in [1.54, 1.807) is 12.1 Å². The molecule has 0 aliphatic rings. The standard InChI is InChI=1S/C15H8F2N2O2S/c16-9-3-5-13(11(17)8-9)22-14-6-4-12(19(20)21)10-2-1-7-18-15(10)14/h1-8H. The Hall–Kier alpha value is -2.54. The normalized spacial score (nSPS) is 10.8. The number of pyridine rings is 1. The minimum atomic E-state index is -0.688. The van der Waals surface area contributed by atoms with Crippen molar-refractivity contribution in [1.29, 1.82) is 0 Å². The number of nitro groups is 1. The highest BCUT2D eigenvalue weighted by atomic mass is 32.2. The molecule has 0 atom stereocenters. The van der Waals surface area contributed by atoms with Crippen molar-refractivity contribution in [1.82, 2.24) is 4.98 Å². The molecule has 0 amide bonds. The number of nitro benzene ring substituents is 1. The zero-order chi connectivity index (χ0) is 15.7. The maximum atomic E-state index is 13.8. The number of hydrogen-bond donors (Lipinski definition) is 0. The molecule has 0 bridgehead atoms. The van der Waals surface area contributed by atoms with Gasteiger partial charge in [-0.1, -0.05) is 11.8 Å². The van der Waals surface area contributed by atoms with Crippen molar-refractivity contribution in [3.8, 4) is 0 Å². The lowest BCUT2D eigenvalue weighted by molar-refractivity contribution is -0.383. The average molecular weight is 318 g/mol. The van der Waals surface area contributed by atoms with Gasteiger partial charge in [0.15, 0.2) is 0 Å². The van der Waals surface area contributed by atoms with Gasteiger partial charge in [0.1, 0.15) is 11.6 Å². The largest absolute Gasteiger partial charge is 0.278 e. The van der Waals surface area contributed by atoms with Crippen LogP contribution in [-0.2, 0) is 0 Å². The fraction of sp³-hybridized carbons (Fsp3) is 0. The van der Waals surface area contributed by atoms with E-state index in [4.69, 9.17) is 0 Å². The summed E-state index contributed by atoms with van der Waals surface area (Å²) in [7, 11) is 0. The second kappa shape index (κ2) is 5.69. The predicted octanol–water partition coefficient (Wildman–Crippen LogP) is 4.57. The molecule has 0 saturated carbocycles. The van der Waals surface area contributed by atoms with Crippen molar-refractivity contribution in [2.45, 2.75) is 9.79 Å². The van der Waals surface area contributed by atoms with E-state index in [0.29, 0.717) is 15.8 Å². The highest BCUT2D eigenvalue weighted by molar-refractivity contribution is 7.99. The molecular formula is C15H8F2N2O2S. The van der Waals surface area contributed by atoms with E-state index in [9.17, 15) is 18.9 Å². The molecule has 4 nitrogen and oxygen atoms in total. The van der Waals surface area contributed by atoms with Gasteiger partial charge >= 0.3 is 0 Å². The monoisotopic (exact) mass is 318 g/mol. The molecule has 3 rings (SSSR count). The summed E-state index contributed by atoms with van der Waals surface area (Å²) in [4.78, 5) is 15.5. The Balaban J connectivity index is 2.12. The topological polar surface area (TPSA) is 56.0 Å². The van der Waals surface area contributed by atoms with Crippen molar-refractivity contribution in [3.63, 3.8) is 0 Å². The Bertz CT molecular complexity index is 887. The lowest BCUT2D eigenvalue weighted by Crippen LogP contribution is -1.92. The molecule has 0 fully saturated rings. The fourth-order valence-electron chi connectivity index (χ4n) is 2.05. The molecule has 0 saturated heterocycles. The van der Waals surface area contributed by atoms with Crippen LogP contribution < -0.4 is 0 Å². The minimum absolute atomic E-state index is 0.0629. The van der Waals surface area contributed by atoms with Gasteiger partial charge in [0.05, 0.1) is 15.8 Å². The molecule has 1 aromatic heterocycles. The third-order valence-corrected chi connectivity index (χ3v) is 4.12. The third kappa shape index (κ3) is 2.62. The van der Waals surface area contributed by atoms with Crippen LogP contribution in [0.2, 0.25) is 0 Å². The van der Waals surface area contributed by atoms with E-state index in [-0.39, 0.29) is 10.6 Å². The molecule has 7 heteroatoms. The van der Waals surface area contributed by atoms with Crippen molar-refractivity contribution in [2.24, 2.45) is 0 Å². The summed E-state index contributed by atoms with van der Waals surface area (Å²) < 4.78 is 26.7. The lowest BCUT2D eigenvalue weighted by atomic mass is 10.2. The van der Waals surface area contributed by atoms with Crippen molar-refractivity contribution in [3.05, 3.63) is 70.4 Å². The number of benzene rings is 2. The number of halogens is 2. The zero-order valence-corrected chi connectivity index (χ0v) is 11.8. The van der Waals surface area contributed by atoms with E-state index in [1.165, 1.54) is 24.4 Å². The summed E-state index contributed by atoms with van der Waals surface area (Å²) in [6, 6.07) is 9.34. The molecule has 3 aromatic rings. The first-order valence-electron chi connectivity index (χ1n) is 6.21. The van der Waals surface area contributed by atoms with E-state index < -0.39 is 16.6 Å². The van der Waals surface area contributed by atoms with Gasteiger partial charge in [0.2, 0.25) is 0 Å². The van der Waals surface area contributed by atoms with Gasteiger partial charge in [0, 0.05) is 28.1 Å². The molecular weight excluding hydrogens is 310 g/mol. The molecule has 110 valence electrons. The number of non-ortho nitro benzene ring substituents is 1. The van der Waals surface area contributed by atoms with Crippen LogP contribution in [0, 0.1) is 21.7 Å². The SMILES string of the molecule is O=[N+]([O-])c1ccc(Sc2ccc(F)cc2F)c2ncccc12. The van der Waals surface area contributed by atoms with Gasteiger partial charge < -0.3 is 0 Å². The number of hydrogen-bond acceptors (Lipinski definition) is 4. The molecule has 0 N–H and O–H groups in total. The van der Waals surface area contributed by atoms with E-state index in [0.717, 1.165) is 23.9 Å². The Morgan fingerprint density at radius 3 is 2.59 bits per heavy atom. The predicted molar refractivity (Wildman–Crippen MR) is 78.9 cm³/mol. The molecule has 0 spiro atoms. The van der Waals surface area contributed by atoms with Gasteiger partial charge in [0.25, 0.3) is 5.69 Å². The highest BCUT2D eigenvalue weighted by Crippen LogP contribution is 2.37. The molecule has 0 radical (unpaired) electrons. The second-order valence-electron chi connectivity index (χ2n) is 4.42. The van der Waals surface area contributed by atoms with Crippen LogP contribution in [0.15, 0.2) is 58.5 Å². The minimum Gasteiger partial charge on any atom is -0.258 e. The van der Waals surface area contributed by atoms with Gasteiger partial charge in [-0.05, 0) is 30.3 Å². The summed E-state index contributed by atoms with van der Waals surface area (Å²) in [5, 5.41) is 11.4. The lowest BCUT2D eigenvalue weighted by Gasteiger charge is -2.07. The first-order valence-corrected chi connectivity index (χ1v) is 7.03. The maximum absolute atomic E-state index is 13.8. The van der Waals surface area contributed by atoms with Crippen LogP contribution in [0.25, 0.3) is 10.9 Å². The van der Waals surface area contributed by atoms with E-state index in [1.807, 2.05) is 0 Å². The summed E-state index contributed by atoms with van der Waals surface area (Å²) in [5.74, 6) is -1.35. The number of nitrogens with zero attached hydrogens (tertiary/aromatic N) is 2. The molecule has 0 aliphatic carbocycles. The van der Waals surface area contributed by atoms with Crippen LogP contribution in [0.3, 0.4) is 0 Å². The number of rotatable bonds is 3. The third-order valence-electron chi connectivity index (χ3n) is 3.02. The summed E-state index contributed by atoms with van der Waals surface area (Å²) in [6.07, 6.45) is 1.51. The van der Waals surface area contributed by atoms with Crippen LogP contribution >= 0.6 is 11.8 Å². The molecule has 0 aliphatic heterocycles. The van der Waals surface area contributed by atoms with Crippen LogP contribution in [0.1, 0.15) is 0 Å². The first kappa shape index (κ1) is 14.4. The van der Waals surface area contributed by atoms with Crippen LogP contribution in [-0.4, -0.2) is 9.91 Å². The second-order valence-corrected chi connectivity index (χ2v) is 5.50. The average Bonchev–Trinajstić information content (AvgIpc) is 2.50. The first-order chi connectivity index (χ1) is 10.6. The molecule has 22 heavy (non-hydrogen) atoms. The Morgan fingerprint density at radius 2 is 1.86 bits per heavy atom. The maximum Gasteiger partial charge on any atom is 0.278 e. The van der Waals surface area contributed by atoms with Gasteiger partial charge in [-0.3, -0.25) is 15.1 Å². The zero-order valence-electron chi connectivity index (χ0n) is 11.0. The molecule has 0 unspecified atom stereocenters. The quantitative estimate of drug-likeness (QED) is 0.524. The van der Waals surface area contributed by atoms with Crippen molar-refractivity contribution >= 4 is 28.4 Å². The molecule has 1 heterocycles. The summed E-state index contributed by atoms with van der Waals surface area (Å²) >= 11 is 1.05. The summed E-state index contributed by atoms with van der Waals surface area (Å²) in [5.41, 5.74) is 0.345. The van der Waals surface area contributed by atoms with Gasteiger partial charge in [-0.2, -0.15) is 0 Å². The fourth-order valence-corrected chi connectivity index (χ4v) is 2.97. The number of fused-ring (bicyclic) bond motifs is 1. The Kier molecular flexibility index (Phi) is 3.72. The Labute approximate surface area is 127 Å². The van der Waals surface area contributed by atoms with E-state index >= 15 is 0 Å². The summed E-state index contributed by atoms with van der Waals surface area (Å²) in [6.45, 7) is 0. The van der Waals surface area contributed by atoms with Crippen LogP contribution in [0.4, 0.5) is 14.5 Å². The molecule has 2 aromatic carbocycles. The highest BCUT2D eigenvalue weighted by Gasteiger charge is 2.16. The van der Waals surface area contributed by atoms with Gasteiger partial charge in [-0.15, -0.1) is 0 Å². The van der Waals surface area contributed by atoms with Crippen molar-refractivity contribution < 1.29 is 13.7 Å². The van der Waals surface area contributed by atoms with Crippen molar-refractivity contribution in [2.75, 3.05) is 0 Å². The Morgan fingerprint density at radius 1 is 1.09 bits per heavy atom. The van der Waals surface area contributed by atoms with Crippen LogP contribution in [0.5, 0.6) is 0 Å². The van der Waals surface area contributed by atoms with E-state index in [2.05, 4.69) is 4.98 Å². The van der Waals surface area contributed by atoms with Gasteiger partial charge in [-0.25, -0.2) is 8.78 Å². The smallest absolute Gasteiger partial charge is 0.258 e. The number of aromatic nitrogens is 1.